The van der Waals surface area contributed by atoms with E-state index in [2.05, 4.69) is 0 Å². The number of carbonyl (C=O) groups is 2. The van der Waals surface area contributed by atoms with Crippen LogP contribution in [0.1, 0.15) is 12.5 Å². The lowest BCUT2D eigenvalue weighted by Gasteiger charge is -2.23. The number of carboxylic acids is 1. The molecule has 0 aliphatic heterocycles. The minimum absolute atomic E-state index is 0.327. The number of carbonyl (C=O) groups excluding carboxylic acids is 1. The molecule has 0 bridgehead atoms. The van der Waals surface area contributed by atoms with Crippen molar-refractivity contribution in [2.75, 3.05) is 0 Å². The second-order valence-electron chi connectivity index (χ2n) is 3.83. The normalized spacial score (nSPS) is 14.8. The summed E-state index contributed by atoms with van der Waals surface area (Å²) < 4.78 is 28.8. The van der Waals surface area contributed by atoms with Gasteiger partial charge in [0.25, 0.3) is 14.9 Å². The molecule has 0 radical (unpaired) electrons. The van der Waals surface area contributed by atoms with E-state index in [0.717, 1.165) is 6.92 Å². The predicted octanol–water partition coefficient (Wildman–Crippen LogP) is 0.529. The van der Waals surface area contributed by atoms with E-state index in [1.54, 1.807) is 18.2 Å². The van der Waals surface area contributed by atoms with Crippen molar-refractivity contribution in [3.8, 4) is 0 Å². The summed E-state index contributed by atoms with van der Waals surface area (Å²) in [6.45, 7) is 0.824. The molecule has 7 heteroatoms. The summed E-state index contributed by atoms with van der Waals surface area (Å²) in [5.74, 6) is -3.03. The smallest absolute Gasteiger partial charge is 0.335 e. The molecule has 0 amide bonds. The first-order valence-electron chi connectivity index (χ1n) is 4.97. The zero-order chi connectivity index (χ0) is 14.0. The van der Waals surface area contributed by atoms with Gasteiger partial charge in [0.1, 0.15) is 0 Å². The third kappa shape index (κ3) is 2.41. The highest BCUT2D eigenvalue weighted by molar-refractivity contribution is 7.89. The monoisotopic (exact) mass is 272 g/mol. The number of ketones is 1. The maximum Gasteiger partial charge on any atom is 0.335 e. The molecule has 0 aromatic heterocycles. The molecule has 0 spiro atoms. The van der Waals surface area contributed by atoms with Crippen molar-refractivity contribution in [3.63, 3.8) is 0 Å². The highest BCUT2D eigenvalue weighted by Gasteiger charge is 2.55. The van der Waals surface area contributed by atoms with Crippen LogP contribution < -0.4 is 0 Å². The lowest BCUT2D eigenvalue weighted by molar-refractivity contribution is -0.143. The largest absolute Gasteiger partial charge is 0.480 e. The molecule has 18 heavy (non-hydrogen) atoms. The Morgan fingerprint density at radius 1 is 1.22 bits per heavy atom. The topological polar surface area (TPSA) is 109 Å². The zero-order valence-electron chi connectivity index (χ0n) is 9.53. The quantitative estimate of drug-likeness (QED) is 0.597. The van der Waals surface area contributed by atoms with Crippen LogP contribution >= 0.6 is 0 Å². The van der Waals surface area contributed by atoms with Gasteiger partial charge in [-0.05, 0) is 12.5 Å². The maximum atomic E-state index is 11.4. The average Bonchev–Trinajstić information content (AvgIpc) is 2.24. The van der Waals surface area contributed by atoms with Gasteiger partial charge in [-0.15, -0.1) is 0 Å². The number of hydrogen-bond donors (Lipinski definition) is 2. The second-order valence-corrected chi connectivity index (χ2v) is 5.47. The van der Waals surface area contributed by atoms with Gasteiger partial charge >= 0.3 is 5.97 Å². The fraction of sp³-hybridized carbons (Fsp3) is 0.273. The van der Waals surface area contributed by atoms with Gasteiger partial charge in [-0.2, -0.15) is 8.42 Å². The Kier molecular flexibility index (Phi) is 3.88. The van der Waals surface area contributed by atoms with Crippen molar-refractivity contribution in [1.29, 1.82) is 0 Å². The van der Waals surface area contributed by atoms with Crippen molar-refractivity contribution >= 4 is 21.9 Å². The molecule has 1 rings (SSSR count). The molecule has 6 nitrogen and oxygen atoms in total. The summed E-state index contributed by atoms with van der Waals surface area (Å²) in [6, 6.07) is 7.77. The minimum atomic E-state index is -5.07. The van der Waals surface area contributed by atoms with Gasteiger partial charge in [0.2, 0.25) is 0 Å². The van der Waals surface area contributed by atoms with Crippen LogP contribution in [0, 0.1) is 0 Å². The fourth-order valence-corrected chi connectivity index (χ4v) is 2.55. The summed E-state index contributed by atoms with van der Waals surface area (Å²) in [7, 11) is -5.07. The Morgan fingerprint density at radius 2 is 1.72 bits per heavy atom. The van der Waals surface area contributed by atoms with Crippen molar-refractivity contribution in [1.82, 2.24) is 0 Å². The summed E-state index contributed by atoms with van der Waals surface area (Å²) in [6.07, 6.45) is -0.614. The first-order valence-corrected chi connectivity index (χ1v) is 6.41. The van der Waals surface area contributed by atoms with Crippen LogP contribution in [0.15, 0.2) is 30.3 Å². The number of rotatable bonds is 5. The van der Waals surface area contributed by atoms with Crippen molar-refractivity contribution in [2.24, 2.45) is 0 Å². The first-order chi connectivity index (χ1) is 8.22. The van der Waals surface area contributed by atoms with Crippen LogP contribution in [0.4, 0.5) is 0 Å². The SMILES string of the molecule is CC(=O)[C@@](Cc1ccccc1)(C(=O)O)S(=O)(=O)O. The van der Waals surface area contributed by atoms with Crippen LogP contribution in [0.25, 0.3) is 0 Å². The lowest BCUT2D eigenvalue weighted by atomic mass is 9.95. The van der Waals surface area contributed by atoms with E-state index >= 15 is 0 Å². The van der Waals surface area contributed by atoms with Crippen molar-refractivity contribution < 1.29 is 27.7 Å². The molecule has 1 aromatic rings. The molecule has 0 aliphatic carbocycles. The van der Waals surface area contributed by atoms with Crippen LogP contribution in [-0.2, 0) is 26.1 Å². The van der Waals surface area contributed by atoms with E-state index in [9.17, 15) is 18.0 Å². The van der Waals surface area contributed by atoms with E-state index in [0.29, 0.717) is 5.56 Å². The lowest BCUT2D eigenvalue weighted by Crippen LogP contribution is -2.53. The van der Waals surface area contributed by atoms with Gasteiger partial charge in [-0.3, -0.25) is 9.35 Å². The molecule has 2 N–H and O–H groups in total. The van der Waals surface area contributed by atoms with Gasteiger partial charge < -0.3 is 5.11 Å². The molecule has 1 atom stereocenters. The minimum Gasteiger partial charge on any atom is -0.480 e. The molecular weight excluding hydrogens is 260 g/mol. The van der Waals surface area contributed by atoms with Crippen molar-refractivity contribution in [2.45, 2.75) is 18.1 Å². The molecule has 0 heterocycles. The predicted molar refractivity (Wildman–Crippen MR) is 62.7 cm³/mol. The highest BCUT2D eigenvalue weighted by Crippen LogP contribution is 2.24. The van der Waals surface area contributed by atoms with Crippen LogP contribution in [0.5, 0.6) is 0 Å². The Hall–Kier alpha value is -1.73. The zero-order valence-corrected chi connectivity index (χ0v) is 10.3. The Bertz CT molecular complexity index is 546. The van der Waals surface area contributed by atoms with Gasteiger partial charge in [0.05, 0.1) is 0 Å². The highest BCUT2D eigenvalue weighted by atomic mass is 32.2. The van der Waals surface area contributed by atoms with Crippen LogP contribution in [-0.4, -0.2) is 34.6 Å². The average molecular weight is 272 g/mol. The third-order valence-corrected chi connectivity index (χ3v) is 4.14. The molecular formula is C11H12O6S. The number of hydrogen-bond acceptors (Lipinski definition) is 4. The molecule has 98 valence electrons. The van der Waals surface area contributed by atoms with E-state index in [1.807, 2.05) is 0 Å². The third-order valence-electron chi connectivity index (χ3n) is 2.65. The van der Waals surface area contributed by atoms with Crippen LogP contribution in [0.3, 0.4) is 0 Å². The first kappa shape index (κ1) is 14.3. The van der Waals surface area contributed by atoms with Gasteiger partial charge in [-0.25, -0.2) is 4.79 Å². The van der Waals surface area contributed by atoms with E-state index in [1.165, 1.54) is 12.1 Å². The standard InChI is InChI=1S/C11H12O6S/c1-8(12)11(10(13)14,18(15,16)17)7-9-5-3-2-4-6-9/h2-6H,7H2,1H3,(H,13,14)(H,15,16,17)/t11-/m0/s1. The molecule has 0 saturated carbocycles. The van der Waals surface area contributed by atoms with Crippen molar-refractivity contribution in [3.05, 3.63) is 35.9 Å². The number of Topliss-reactive ketones (excluding diaryl/α,β-unsaturated/α-hetero) is 1. The number of carboxylic acid groups (broad SMARTS) is 1. The maximum absolute atomic E-state index is 11.4. The molecule has 1 aromatic carbocycles. The molecule has 0 fully saturated rings. The van der Waals surface area contributed by atoms with Gasteiger partial charge in [0, 0.05) is 6.42 Å². The Morgan fingerprint density at radius 3 is 2.06 bits per heavy atom. The van der Waals surface area contributed by atoms with Crippen LogP contribution in [0.2, 0.25) is 0 Å². The van der Waals surface area contributed by atoms with E-state index in [4.69, 9.17) is 9.66 Å². The second kappa shape index (κ2) is 4.87. The summed E-state index contributed by atoms with van der Waals surface area (Å²) in [4.78, 5) is 22.6. The van der Waals surface area contributed by atoms with E-state index in [-0.39, 0.29) is 0 Å². The van der Waals surface area contributed by atoms with Gasteiger partial charge in [0.15, 0.2) is 5.78 Å². The number of aliphatic carboxylic acids is 1. The summed E-state index contributed by atoms with van der Waals surface area (Å²) in [5, 5.41) is 9.03. The molecule has 0 unspecified atom stereocenters. The molecule has 0 aliphatic rings. The number of benzene rings is 1. The fourth-order valence-electron chi connectivity index (χ4n) is 1.62. The van der Waals surface area contributed by atoms with E-state index < -0.39 is 33.0 Å². The Balaban J connectivity index is 3.39. The summed E-state index contributed by atoms with van der Waals surface area (Å²) >= 11 is 0. The van der Waals surface area contributed by atoms with Gasteiger partial charge in [-0.1, -0.05) is 30.3 Å². The summed E-state index contributed by atoms with van der Waals surface area (Å²) in [5.41, 5.74) is 0.327. The Labute approximate surface area is 104 Å². The molecule has 0 saturated heterocycles.